The van der Waals surface area contributed by atoms with Crippen LogP contribution < -0.4 is 14.7 Å². The molecule has 1 unspecified atom stereocenters. The van der Waals surface area contributed by atoms with E-state index in [1.807, 2.05) is 24.0 Å². The van der Waals surface area contributed by atoms with Crippen LogP contribution in [0, 0.1) is 5.92 Å². The Bertz CT molecular complexity index is 822. The van der Waals surface area contributed by atoms with Crippen LogP contribution in [0.3, 0.4) is 0 Å². The summed E-state index contributed by atoms with van der Waals surface area (Å²) in [5, 5.41) is 0. The molecule has 0 amide bonds. The quantitative estimate of drug-likeness (QED) is 0.704. The molecule has 3 saturated heterocycles. The predicted octanol–water partition coefficient (Wildman–Crippen LogP) is 2.46. The second-order valence-corrected chi connectivity index (χ2v) is 9.99. The first-order valence-corrected chi connectivity index (χ1v) is 12.8. The Kier molecular flexibility index (Phi) is 6.74. The summed E-state index contributed by atoms with van der Waals surface area (Å²) < 4.78 is 0. The van der Waals surface area contributed by atoms with E-state index in [-0.39, 0.29) is 0 Å². The lowest BCUT2D eigenvalue weighted by Crippen LogP contribution is -2.50. The van der Waals surface area contributed by atoms with Crippen LogP contribution in [0.1, 0.15) is 12.8 Å². The number of piperidine rings is 1. The first-order valence-electron chi connectivity index (χ1n) is 11.6. The molecule has 7 nitrogen and oxygen atoms in total. The third-order valence-electron chi connectivity index (χ3n) is 6.68. The monoisotopic (exact) mass is 439 g/mol. The fourth-order valence-electron chi connectivity index (χ4n) is 4.96. The van der Waals surface area contributed by atoms with Gasteiger partial charge in [0.2, 0.25) is 0 Å². The van der Waals surface area contributed by atoms with Gasteiger partial charge in [0, 0.05) is 82.7 Å². The number of hydrogen-bond donors (Lipinski definition) is 0. The fourth-order valence-corrected chi connectivity index (χ4v) is 5.87. The highest BCUT2D eigenvalue weighted by Crippen LogP contribution is 2.26. The Morgan fingerprint density at radius 2 is 1.58 bits per heavy atom. The number of hydrogen-bond acceptors (Lipinski definition) is 8. The topological polar surface area (TPSA) is 51.6 Å². The van der Waals surface area contributed by atoms with Crippen molar-refractivity contribution < 1.29 is 0 Å². The predicted molar refractivity (Wildman–Crippen MR) is 129 cm³/mol. The SMILES string of the molecule is c1ccc(N2CCN(CC3CCCN(c4cc(N5CCSCC5)ncn4)C3)CC2)nc1. The first-order chi connectivity index (χ1) is 15.3. The van der Waals surface area contributed by atoms with Crippen molar-refractivity contribution in [1.29, 1.82) is 0 Å². The van der Waals surface area contributed by atoms with Crippen molar-refractivity contribution in [2.24, 2.45) is 5.92 Å². The molecule has 0 aliphatic carbocycles. The maximum atomic E-state index is 4.64. The number of anilines is 3. The van der Waals surface area contributed by atoms with Gasteiger partial charge in [-0.05, 0) is 30.9 Å². The zero-order valence-electron chi connectivity index (χ0n) is 18.3. The molecule has 0 aromatic carbocycles. The van der Waals surface area contributed by atoms with Crippen molar-refractivity contribution in [3.8, 4) is 0 Å². The van der Waals surface area contributed by atoms with Gasteiger partial charge in [-0.3, -0.25) is 4.90 Å². The molecule has 5 heterocycles. The third kappa shape index (κ3) is 5.23. The van der Waals surface area contributed by atoms with E-state index >= 15 is 0 Å². The smallest absolute Gasteiger partial charge is 0.134 e. The zero-order chi connectivity index (χ0) is 20.9. The van der Waals surface area contributed by atoms with Gasteiger partial charge in [0.1, 0.15) is 23.8 Å². The van der Waals surface area contributed by atoms with Gasteiger partial charge < -0.3 is 14.7 Å². The molecular formula is C23H33N7S. The van der Waals surface area contributed by atoms with E-state index in [4.69, 9.17) is 0 Å². The highest BCUT2D eigenvalue weighted by molar-refractivity contribution is 7.99. The van der Waals surface area contributed by atoms with Crippen LogP contribution in [0.5, 0.6) is 0 Å². The van der Waals surface area contributed by atoms with E-state index in [0.717, 1.165) is 69.8 Å². The number of rotatable bonds is 5. The van der Waals surface area contributed by atoms with Gasteiger partial charge in [0.15, 0.2) is 0 Å². The summed E-state index contributed by atoms with van der Waals surface area (Å²) >= 11 is 2.03. The molecule has 0 saturated carbocycles. The molecule has 0 bridgehead atoms. The van der Waals surface area contributed by atoms with Crippen molar-refractivity contribution in [3.63, 3.8) is 0 Å². The Morgan fingerprint density at radius 1 is 0.806 bits per heavy atom. The lowest BCUT2D eigenvalue weighted by atomic mass is 9.97. The van der Waals surface area contributed by atoms with Crippen molar-refractivity contribution >= 4 is 29.2 Å². The number of nitrogens with zero attached hydrogens (tertiary/aromatic N) is 7. The normalized spacial score (nSPS) is 23.2. The van der Waals surface area contributed by atoms with Crippen LogP contribution in [0.15, 0.2) is 36.8 Å². The molecule has 1 atom stereocenters. The second kappa shape index (κ2) is 10.0. The van der Waals surface area contributed by atoms with Gasteiger partial charge in [0.25, 0.3) is 0 Å². The van der Waals surface area contributed by atoms with E-state index in [0.29, 0.717) is 5.92 Å². The van der Waals surface area contributed by atoms with E-state index in [9.17, 15) is 0 Å². The Morgan fingerprint density at radius 3 is 2.35 bits per heavy atom. The fraction of sp³-hybridized carbons (Fsp3) is 0.609. The lowest BCUT2D eigenvalue weighted by molar-refractivity contribution is 0.205. The van der Waals surface area contributed by atoms with E-state index < -0.39 is 0 Å². The van der Waals surface area contributed by atoms with Crippen LogP contribution in [0.25, 0.3) is 0 Å². The van der Waals surface area contributed by atoms with Crippen LogP contribution in [-0.4, -0.2) is 90.3 Å². The summed E-state index contributed by atoms with van der Waals surface area (Å²) in [5.74, 6) is 6.40. The van der Waals surface area contributed by atoms with Crippen LogP contribution >= 0.6 is 11.8 Å². The lowest BCUT2D eigenvalue weighted by Gasteiger charge is -2.40. The van der Waals surface area contributed by atoms with E-state index in [1.165, 1.54) is 30.9 Å². The van der Waals surface area contributed by atoms with Crippen LogP contribution in [0.4, 0.5) is 17.5 Å². The summed E-state index contributed by atoms with van der Waals surface area (Å²) in [4.78, 5) is 23.7. The van der Waals surface area contributed by atoms with Gasteiger partial charge in [-0.1, -0.05) is 6.07 Å². The molecule has 0 spiro atoms. The minimum absolute atomic E-state index is 0.708. The number of thioether (sulfide) groups is 1. The molecule has 3 aliphatic rings. The third-order valence-corrected chi connectivity index (χ3v) is 7.62. The van der Waals surface area contributed by atoms with Crippen molar-refractivity contribution in [1.82, 2.24) is 19.9 Å². The summed E-state index contributed by atoms with van der Waals surface area (Å²) in [6, 6.07) is 8.40. The van der Waals surface area contributed by atoms with Gasteiger partial charge in [-0.15, -0.1) is 0 Å². The van der Waals surface area contributed by atoms with Crippen molar-refractivity contribution in [2.75, 3.05) is 85.1 Å². The molecule has 3 fully saturated rings. The molecule has 2 aromatic rings. The molecule has 166 valence electrons. The standard InChI is InChI=1S/C23H33N7S/c1-2-6-24-21(5-1)28-10-8-27(9-11-28)17-20-4-3-7-30(18-20)23-16-22(25-19-26-23)29-12-14-31-15-13-29/h1-2,5-6,16,19-20H,3-4,7-15,17-18H2. The summed E-state index contributed by atoms with van der Waals surface area (Å²) in [5.41, 5.74) is 0. The van der Waals surface area contributed by atoms with Crippen molar-refractivity contribution in [2.45, 2.75) is 12.8 Å². The summed E-state index contributed by atoms with van der Waals surface area (Å²) in [6.07, 6.45) is 6.21. The number of pyridine rings is 1. The zero-order valence-corrected chi connectivity index (χ0v) is 19.1. The van der Waals surface area contributed by atoms with Crippen LogP contribution in [-0.2, 0) is 0 Å². The van der Waals surface area contributed by atoms with Crippen LogP contribution in [0.2, 0.25) is 0 Å². The number of aromatic nitrogens is 3. The Labute approximate surface area is 189 Å². The molecule has 0 radical (unpaired) electrons. The average Bonchev–Trinajstić information content (AvgIpc) is 2.86. The molecule has 8 heteroatoms. The average molecular weight is 440 g/mol. The molecule has 3 aliphatic heterocycles. The first kappa shape index (κ1) is 20.8. The minimum atomic E-state index is 0.708. The van der Waals surface area contributed by atoms with Gasteiger partial charge in [-0.2, -0.15) is 11.8 Å². The van der Waals surface area contributed by atoms with Gasteiger partial charge in [0.05, 0.1) is 0 Å². The molecule has 5 rings (SSSR count). The Balaban J connectivity index is 1.15. The van der Waals surface area contributed by atoms with E-state index in [1.54, 1.807) is 6.33 Å². The van der Waals surface area contributed by atoms with Gasteiger partial charge in [-0.25, -0.2) is 15.0 Å². The van der Waals surface area contributed by atoms with Crippen molar-refractivity contribution in [3.05, 3.63) is 36.8 Å². The summed E-state index contributed by atoms with van der Waals surface area (Å²) in [7, 11) is 0. The maximum Gasteiger partial charge on any atom is 0.134 e. The van der Waals surface area contributed by atoms with Gasteiger partial charge >= 0.3 is 0 Å². The molecule has 0 N–H and O–H groups in total. The minimum Gasteiger partial charge on any atom is -0.356 e. The molecule has 2 aromatic heterocycles. The second-order valence-electron chi connectivity index (χ2n) is 8.76. The maximum absolute atomic E-state index is 4.64. The summed E-state index contributed by atoms with van der Waals surface area (Å²) in [6.45, 7) is 9.96. The number of piperazine rings is 1. The Hall–Kier alpha value is -2.06. The highest BCUT2D eigenvalue weighted by atomic mass is 32.2. The van der Waals surface area contributed by atoms with E-state index in [2.05, 4.69) is 52.8 Å². The molecule has 31 heavy (non-hydrogen) atoms. The highest BCUT2D eigenvalue weighted by Gasteiger charge is 2.26. The largest absolute Gasteiger partial charge is 0.356 e. The molecular weight excluding hydrogens is 406 g/mol.